The van der Waals surface area contributed by atoms with E-state index in [0.717, 1.165) is 19.4 Å². The minimum atomic E-state index is -0.452. The monoisotopic (exact) mass is 252 g/mol. The number of hydrogen-bond acceptors (Lipinski definition) is 2. The van der Waals surface area contributed by atoms with Crippen LogP contribution in [0.4, 0.5) is 0 Å². The van der Waals surface area contributed by atoms with E-state index in [-0.39, 0.29) is 5.60 Å². The maximum Gasteiger partial charge on any atom is 0.0686 e. The Balaban J connectivity index is 1.67. The van der Waals surface area contributed by atoms with Crippen LogP contribution in [-0.2, 0) is 4.74 Å². The van der Waals surface area contributed by atoms with Gasteiger partial charge in [-0.1, -0.05) is 19.3 Å². The van der Waals surface area contributed by atoms with E-state index in [1.807, 2.05) is 0 Å². The Morgan fingerprint density at radius 1 is 1.00 bits per heavy atom. The first-order valence-electron chi connectivity index (χ1n) is 7.99. The fraction of sp³-hybridized carbons (Fsp3) is 1.00. The van der Waals surface area contributed by atoms with Crippen LogP contribution in [0.5, 0.6) is 0 Å². The van der Waals surface area contributed by atoms with Crippen LogP contribution in [0.1, 0.15) is 71.1 Å². The molecule has 2 unspecified atom stereocenters. The van der Waals surface area contributed by atoms with Gasteiger partial charge in [0.2, 0.25) is 0 Å². The lowest BCUT2D eigenvalue weighted by molar-refractivity contribution is -0.184. The molecule has 2 heteroatoms. The Kier molecular flexibility index (Phi) is 3.44. The highest BCUT2D eigenvalue weighted by atomic mass is 16.5. The molecular weight excluding hydrogens is 224 g/mol. The van der Waals surface area contributed by atoms with E-state index in [4.69, 9.17) is 4.74 Å². The number of ether oxygens (including phenoxy) is 1. The zero-order valence-electron chi connectivity index (χ0n) is 11.8. The van der Waals surface area contributed by atoms with Crippen molar-refractivity contribution in [3.8, 4) is 0 Å². The third-order valence-corrected chi connectivity index (χ3v) is 6.02. The first kappa shape index (κ1) is 12.9. The summed E-state index contributed by atoms with van der Waals surface area (Å²) in [6, 6.07) is 0. The highest BCUT2D eigenvalue weighted by molar-refractivity contribution is 5.00. The second-order valence-electron chi connectivity index (χ2n) is 7.14. The fourth-order valence-corrected chi connectivity index (χ4v) is 4.47. The van der Waals surface area contributed by atoms with Gasteiger partial charge >= 0.3 is 0 Å². The van der Waals surface area contributed by atoms with Gasteiger partial charge in [0.1, 0.15) is 0 Å². The number of rotatable bonds is 2. The molecule has 2 nitrogen and oxygen atoms in total. The molecular formula is C16H28O2. The van der Waals surface area contributed by atoms with Crippen molar-refractivity contribution in [3.63, 3.8) is 0 Å². The molecule has 104 valence electrons. The summed E-state index contributed by atoms with van der Waals surface area (Å²) in [6.07, 6.45) is 12.4. The van der Waals surface area contributed by atoms with Gasteiger partial charge in [-0.3, -0.25) is 0 Å². The van der Waals surface area contributed by atoms with Crippen LogP contribution in [0.25, 0.3) is 0 Å². The van der Waals surface area contributed by atoms with E-state index >= 15 is 0 Å². The molecule has 1 saturated heterocycles. The summed E-state index contributed by atoms with van der Waals surface area (Å²) in [5.74, 6) is 1.00. The van der Waals surface area contributed by atoms with Crippen molar-refractivity contribution in [1.29, 1.82) is 0 Å². The highest BCUT2D eigenvalue weighted by Gasteiger charge is 2.49. The van der Waals surface area contributed by atoms with E-state index in [9.17, 15) is 5.11 Å². The Morgan fingerprint density at radius 3 is 2.33 bits per heavy atom. The van der Waals surface area contributed by atoms with Crippen LogP contribution in [0.2, 0.25) is 0 Å². The number of hydrogen-bond donors (Lipinski definition) is 1. The summed E-state index contributed by atoms with van der Waals surface area (Å²) in [6.45, 7) is 2.98. The average Bonchev–Trinajstić information content (AvgIpc) is 2.38. The van der Waals surface area contributed by atoms with E-state index < -0.39 is 5.60 Å². The molecule has 2 saturated carbocycles. The summed E-state index contributed by atoms with van der Waals surface area (Å²) in [4.78, 5) is 0. The Labute approximate surface area is 111 Å². The van der Waals surface area contributed by atoms with Gasteiger partial charge in [-0.05, 0) is 63.7 Å². The molecule has 1 spiro atoms. The summed E-state index contributed by atoms with van der Waals surface area (Å²) in [7, 11) is 0. The first-order valence-corrected chi connectivity index (χ1v) is 7.99. The van der Waals surface area contributed by atoms with Crippen molar-refractivity contribution in [2.24, 2.45) is 11.8 Å². The predicted octanol–water partition coefficient (Wildman–Crippen LogP) is 3.67. The average molecular weight is 252 g/mol. The molecule has 3 fully saturated rings. The molecule has 2 atom stereocenters. The van der Waals surface area contributed by atoms with E-state index in [0.29, 0.717) is 11.8 Å². The van der Waals surface area contributed by atoms with Gasteiger partial charge < -0.3 is 9.84 Å². The normalized spacial score (nSPS) is 36.0. The van der Waals surface area contributed by atoms with Gasteiger partial charge in [0.05, 0.1) is 11.2 Å². The summed E-state index contributed by atoms with van der Waals surface area (Å²) in [5.41, 5.74) is -0.283. The minimum absolute atomic E-state index is 0.168. The lowest BCUT2D eigenvalue weighted by atomic mass is 9.63. The highest BCUT2D eigenvalue weighted by Crippen LogP contribution is 2.49. The Bertz CT molecular complexity index is 287. The molecule has 0 aromatic heterocycles. The molecule has 0 radical (unpaired) electrons. The lowest BCUT2D eigenvalue weighted by Gasteiger charge is -2.52. The molecule has 1 aliphatic heterocycles. The predicted molar refractivity (Wildman–Crippen MR) is 72.5 cm³/mol. The van der Waals surface area contributed by atoms with Crippen LogP contribution >= 0.6 is 0 Å². The molecule has 1 N–H and O–H groups in total. The van der Waals surface area contributed by atoms with Gasteiger partial charge in [0, 0.05) is 6.61 Å². The largest absolute Gasteiger partial charge is 0.390 e. The van der Waals surface area contributed by atoms with Gasteiger partial charge in [-0.15, -0.1) is 0 Å². The summed E-state index contributed by atoms with van der Waals surface area (Å²) < 4.78 is 6.00. The van der Waals surface area contributed by atoms with Crippen molar-refractivity contribution >= 4 is 0 Å². The third kappa shape index (κ3) is 2.22. The van der Waals surface area contributed by atoms with Crippen molar-refractivity contribution in [2.75, 3.05) is 6.61 Å². The van der Waals surface area contributed by atoms with Gasteiger partial charge in [-0.2, -0.15) is 0 Å². The molecule has 0 aromatic rings. The molecule has 0 aromatic carbocycles. The molecule has 2 aliphatic carbocycles. The summed E-state index contributed by atoms with van der Waals surface area (Å²) in [5, 5.41) is 11.1. The molecule has 0 amide bonds. The van der Waals surface area contributed by atoms with Crippen molar-refractivity contribution in [2.45, 2.75) is 82.3 Å². The van der Waals surface area contributed by atoms with E-state index in [1.165, 1.54) is 51.4 Å². The Hall–Kier alpha value is -0.0800. The molecule has 1 heterocycles. The molecule has 0 bridgehead atoms. The van der Waals surface area contributed by atoms with Crippen LogP contribution in [0.15, 0.2) is 0 Å². The maximum atomic E-state index is 11.1. The zero-order chi connectivity index (χ0) is 12.6. The van der Waals surface area contributed by atoms with Crippen LogP contribution in [-0.4, -0.2) is 22.9 Å². The van der Waals surface area contributed by atoms with Crippen LogP contribution < -0.4 is 0 Å². The maximum absolute atomic E-state index is 11.1. The van der Waals surface area contributed by atoms with Crippen molar-refractivity contribution < 1.29 is 9.84 Å². The molecule has 18 heavy (non-hydrogen) atoms. The van der Waals surface area contributed by atoms with Gasteiger partial charge in [-0.25, -0.2) is 0 Å². The summed E-state index contributed by atoms with van der Waals surface area (Å²) >= 11 is 0. The molecule has 3 rings (SSSR count). The third-order valence-electron chi connectivity index (χ3n) is 6.02. The van der Waals surface area contributed by atoms with Crippen LogP contribution in [0.3, 0.4) is 0 Å². The lowest BCUT2D eigenvalue weighted by Crippen LogP contribution is -2.53. The minimum Gasteiger partial charge on any atom is -0.390 e. The molecule has 3 aliphatic rings. The SMILES string of the molecule is CC(O)(C1CCCCC1)C1CCOC2(CCC2)C1. The van der Waals surface area contributed by atoms with Crippen molar-refractivity contribution in [3.05, 3.63) is 0 Å². The van der Waals surface area contributed by atoms with E-state index in [1.54, 1.807) is 0 Å². The second-order valence-corrected chi connectivity index (χ2v) is 7.14. The Morgan fingerprint density at radius 2 is 1.72 bits per heavy atom. The first-order chi connectivity index (χ1) is 8.62. The van der Waals surface area contributed by atoms with Gasteiger partial charge in [0.25, 0.3) is 0 Å². The van der Waals surface area contributed by atoms with Crippen molar-refractivity contribution in [1.82, 2.24) is 0 Å². The number of aliphatic hydroxyl groups is 1. The topological polar surface area (TPSA) is 29.5 Å². The smallest absolute Gasteiger partial charge is 0.0686 e. The van der Waals surface area contributed by atoms with Crippen LogP contribution in [0, 0.1) is 11.8 Å². The quantitative estimate of drug-likeness (QED) is 0.812. The zero-order valence-corrected chi connectivity index (χ0v) is 11.8. The fourth-order valence-electron chi connectivity index (χ4n) is 4.47. The van der Waals surface area contributed by atoms with Gasteiger partial charge in [0.15, 0.2) is 0 Å². The standard InChI is InChI=1S/C16H28O2/c1-15(17,13-6-3-2-4-7-13)14-8-11-18-16(12-14)9-5-10-16/h13-14,17H,2-12H2,1H3. The van der Waals surface area contributed by atoms with E-state index in [2.05, 4.69) is 6.92 Å². The second kappa shape index (κ2) is 4.79.